The fourth-order valence-electron chi connectivity index (χ4n) is 1.64. The minimum absolute atomic E-state index is 0.198. The molecule has 2 aromatic rings. The van der Waals surface area contributed by atoms with Crippen molar-refractivity contribution in [2.75, 3.05) is 5.32 Å². The van der Waals surface area contributed by atoms with Gasteiger partial charge in [-0.3, -0.25) is 14.9 Å². The number of anilines is 1. The molecule has 2 rings (SSSR count). The monoisotopic (exact) mass is 370 g/mol. The number of rotatable bonds is 3. The van der Waals surface area contributed by atoms with Gasteiger partial charge in [0.05, 0.1) is 16.2 Å². The van der Waals surface area contributed by atoms with Crippen molar-refractivity contribution in [1.29, 1.82) is 0 Å². The van der Waals surface area contributed by atoms with Gasteiger partial charge in [-0.25, -0.2) is 0 Å². The minimum Gasteiger partial charge on any atom is -0.502 e. The smallest absolute Gasteiger partial charge is 0.311 e. The molecule has 0 heterocycles. The maximum Gasteiger partial charge on any atom is 0.311 e. The molecular formula is C13H8BrClN2O4. The van der Waals surface area contributed by atoms with Gasteiger partial charge in [-0.2, -0.15) is 0 Å². The number of phenolic OH excluding ortho intramolecular Hbond substituents is 1. The molecule has 0 bridgehead atoms. The molecule has 2 aromatic carbocycles. The number of phenols is 1. The number of hydrogen-bond donors (Lipinski definition) is 2. The lowest BCUT2D eigenvalue weighted by molar-refractivity contribution is -0.385. The lowest BCUT2D eigenvalue weighted by Gasteiger charge is -2.09. The van der Waals surface area contributed by atoms with Crippen LogP contribution in [-0.2, 0) is 0 Å². The molecule has 0 saturated heterocycles. The van der Waals surface area contributed by atoms with Crippen molar-refractivity contribution < 1.29 is 14.8 Å². The van der Waals surface area contributed by atoms with Crippen LogP contribution in [0.15, 0.2) is 40.9 Å². The average Bonchev–Trinajstić information content (AvgIpc) is 2.42. The van der Waals surface area contributed by atoms with Crippen LogP contribution in [0.1, 0.15) is 10.4 Å². The number of halogens is 2. The van der Waals surface area contributed by atoms with Gasteiger partial charge in [0.1, 0.15) is 0 Å². The van der Waals surface area contributed by atoms with Gasteiger partial charge in [-0.1, -0.05) is 17.7 Å². The maximum atomic E-state index is 12.1. The van der Waals surface area contributed by atoms with E-state index < -0.39 is 22.3 Å². The summed E-state index contributed by atoms with van der Waals surface area (Å²) < 4.78 is 0.588. The number of para-hydroxylation sites is 1. The predicted molar refractivity (Wildman–Crippen MR) is 81.9 cm³/mol. The molecule has 0 aliphatic heterocycles. The van der Waals surface area contributed by atoms with Crippen molar-refractivity contribution in [3.8, 4) is 5.75 Å². The normalized spacial score (nSPS) is 10.2. The van der Waals surface area contributed by atoms with Gasteiger partial charge in [-0.15, -0.1) is 0 Å². The minimum atomic E-state index is -0.762. The molecule has 6 nitrogen and oxygen atoms in total. The first-order valence-corrected chi connectivity index (χ1v) is 6.80. The number of hydrogen-bond acceptors (Lipinski definition) is 4. The second-order valence-electron chi connectivity index (χ2n) is 4.01. The van der Waals surface area contributed by atoms with Gasteiger partial charge in [0.15, 0.2) is 0 Å². The van der Waals surface area contributed by atoms with E-state index in [9.17, 15) is 20.0 Å². The van der Waals surface area contributed by atoms with Gasteiger partial charge >= 0.3 is 5.69 Å². The summed E-state index contributed by atoms with van der Waals surface area (Å²) in [6, 6.07) is 8.51. The third-order valence-electron chi connectivity index (χ3n) is 2.63. The van der Waals surface area contributed by atoms with Crippen molar-refractivity contribution in [2.45, 2.75) is 0 Å². The molecular weight excluding hydrogens is 364 g/mol. The van der Waals surface area contributed by atoms with E-state index in [1.807, 2.05) is 0 Å². The van der Waals surface area contributed by atoms with Crippen LogP contribution in [0.4, 0.5) is 11.4 Å². The fraction of sp³-hybridized carbons (Fsp3) is 0. The molecule has 0 unspecified atom stereocenters. The van der Waals surface area contributed by atoms with Crippen LogP contribution in [-0.4, -0.2) is 15.9 Å². The predicted octanol–water partition coefficient (Wildman–Crippen LogP) is 3.97. The zero-order valence-corrected chi connectivity index (χ0v) is 12.7. The summed E-state index contributed by atoms with van der Waals surface area (Å²) >= 11 is 9.08. The number of benzene rings is 2. The highest BCUT2D eigenvalue weighted by Crippen LogP contribution is 2.31. The summed E-state index contributed by atoms with van der Waals surface area (Å²) in [5.41, 5.74) is -0.345. The molecule has 1 amide bonds. The largest absolute Gasteiger partial charge is 0.502 e. The highest BCUT2D eigenvalue weighted by atomic mass is 79.9. The number of carbonyl (C=O) groups is 1. The molecule has 0 saturated carbocycles. The summed E-state index contributed by atoms with van der Waals surface area (Å²) in [4.78, 5) is 22.1. The Morgan fingerprint density at radius 2 is 2.05 bits per heavy atom. The second kappa shape index (κ2) is 6.11. The molecule has 0 fully saturated rings. The Kier molecular flexibility index (Phi) is 4.44. The van der Waals surface area contributed by atoms with Crippen molar-refractivity contribution in [1.82, 2.24) is 0 Å². The molecule has 21 heavy (non-hydrogen) atoms. The quantitative estimate of drug-likeness (QED) is 0.631. The van der Waals surface area contributed by atoms with Crippen LogP contribution in [0.25, 0.3) is 0 Å². The van der Waals surface area contributed by atoms with Crippen molar-refractivity contribution in [3.63, 3.8) is 0 Å². The highest BCUT2D eigenvalue weighted by molar-refractivity contribution is 9.10. The lowest BCUT2D eigenvalue weighted by atomic mass is 10.1. The topological polar surface area (TPSA) is 92.5 Å². The van der Waals surface area contributed by atoms with E-state index in [1.165, 1.54) is 18.2 Å². The standard InChI is InChI=1S/C13H8BrClN2O4/c14-9-5-4-7(15)6-10(9)16-13(19)8-2-1-3-11(12(8)18)17(20)21/h1-6,18H,(H,16,19). The molecule has 0 atom stereocenters. The third-order valence-corrected chi connectivity index (χ3v) is 3.56. The van der Waals surface area contributed by atoms with E-state index in [2.05, 4.69) is 21.2 Å². The molecule has 2 N–H and O–H groups in total. The number of amides is 1. The van der Waals surface area contributed by atoms with Crippen LogP contribution < -0.4 is 5.32 Å². The van der Waals surface area contributed by atoms with Crippen molar-refractivity contribution in [3.05, 3.63) is 61.6 Å². The summed E-state index contributed by atoms with van der Waals surface area (Å²) in [6.45, 7) is 0. The number of nitrogens with one attached hydrogen (secondary N) is 1. The Morgan fingerprint density at radius 1 is 1.33 bits per heavy atom. The van der Waals surface area contributed by atoms with Gasteiger partial charge in [0.25, 0.3) is 5.91 Å². The molecule has 0 aromatic heterocycles. The first kappa shape index (κ1) is 15.3. The summed E-state index contributed by atoms with van der Waals surface area (Å²) in [5.74, 6) is -1.36. The van der Waals surface area contributed by atoms with Crippen LogP contribution in [0.5, 0.6) is 5.75 Å². The molecule has 0 radical (unpaired) electrons. The molecule has 108 valence electrons. The van der Waals surface area contributed by atoms with Gasteiger partial charge in [0, 0.05) is 15.6 Å². The Morgan fingerprint density at radius 3 is 2.71 bits per heavy atom. The summed E-state index contributed by atoms with van der Waals surface area (Å²) in [7, 11) is 0. The lowest BCUT2D eigenvalue weighted by Crippen LogP contribution is -2.13. The highest BCUT2D eigenvalue weighted by Gasteiger charge is 2.21. The molecule has 0 aliphatic rings. The number of nitrogens with zero attached hydrogens (tertiary/aromatic N) is 1. The molecule has 0 spiro atoms. The molecule has 8 heteroatoms. The van der Waals surface area contributed by atoms with E-state index in [-0.39, 0.29) is 5.56 Å². The second-order valence-corrected chi connectivity index (χ2v) is 5.30. The fourth-order valence-corrected chi connectivity index (χ4v) is 2.16. The first-order chi connectivity index (χ1) is 9.90. The molecule has 0 aliphatic carbocycles. The van der Waals surface area contributed by atoms with Crippen molar-refractivity contribution >= 4 is 44.8 Å². The van der Waals surface area contributed by atoms with Crippen LogP contribution in [0.2, 0.25) is 5.02 Å². The van der Waals surface area contributed by atoms with Crippen LogP contribution in [0, 0.1) is 10.1 Å². The van der Waals surface area contributed by atoms with Gasteiger partial charge in [0.2, 0.25) is 5.75 Å². The first-order valence-electron chi connectivity index (χ1n) is 5.63. The number of aromatic hydroxyl groups is 1. The Labute approximate surface area is 132 Å². The zero-order valence-electron chi connectivity index (χ0n) is 10.3. The summed E-state index contributed by atoms with van der Waals surface area (Å²) in [6.07, 6.45) is 0. The third kappa shape index (κ3) is 3.32. The average molecular weight is 372 g/mol. The Bertz CT molecular complexity index is 736. The van der Waals surface area contributed by atoms with E-state index in [1.54, 1.807) is 12.1 Å². The SMILES string of the molecule is O=C(Nc1cc(Cl)ccc1Br)c1cccc([N+](=O)[O-])c1O. The summed E-state index contributed by atoms with van der Waals surface area (Å²) in [5, 5.41) is 23.5. The van der Waals surface area contributed by atoms with Crippen molar-refractivity contribution in [2.24, 2.45) is 0 Å². The van der Waals surface area contributed by atoms with Gasteiger partial charge < -0.3 is 10.4 Å². The van der Waals surface area contributed by atoms with Gasteiger partial charge in [-0.05, 0) is 40.2 Å². The Balaban J connectivity index is 2.35. The van der Waals surface area contributed by atoms with E-state index >= 15 is 0 Å². The van der Waals surface area contributed by atoms with E-state index in [0.717, 1.165) is 6.07 Å². The maximum absolute atomic E-state index is 12.1. The number of nitro groups is 1. The Hall–Kier alpha value is -2.12. The van der Waals surface area contributed by atoms with Crippen LogP contribution in [0.3, 0.4) is 0 Å². The zero-order chi connectivity index (χ0) is 15.6. The number of carbonyl (C=O) groups excluding carboxylic acids is 1. The van der Waals surface area contributed by atoms with E-state index in [4.69, 9.17) is 11.6 Å². The van der Waals surface area contributed by atoms with Crippen LogP contribution >= 0.6 is 27.5 Å². The number of nitro benzene ring substituents is 1. The van der Waals surface area contributed by atoms with E-state index in [0.29, 0.717) is 15.2 Å².